The molecule has 6 nitrogen and oxygen atoms in total. The summed E-state index contributed by atoms with van der Waals surface area (Å²) in [6, 6.07) is 0. The highest BCUT2D eigenvalue weighted by atomic mass is 16.5. The van der Waals surface area contributed by atoms with E-state index in [2.05, 4.69) is 10.1 Å². The van der Waals surface area contributed by atoms with Gasteiger partial charge in [-0.25, -0.2) is 4.79 Å². The maximum atomic E-state index is 10.9. The third kappa shape index (κ3) is 2.32. The van der Waals surface area contributed by atoms with Crippen LogP contribution in [0.2, 0.25) is 0 Å². The predicted octanol–water partition coefficient (Wildman–Crippen LogP) is -1.01. The first-order valence-corrected chi connectivity index (χ1v) is 3.80. The second kappa shape index (κ2) is 3.61. The molecule has 1 rings (SSSR count). The lowest BCUT2D eigenvalue weighted by Gasteiger charge is -2.40. The van der Waals surface area contributed by atoms with Gasteiger partial charge < -0.3 is 20.5 Å². The lowest BCUT2D eigenvalue weighted by Crippen LogP contribution is -2.63. The van der Waals surface area contributed by atoms with Crippen LogP contribution in [0, 0.1) is 0 Å². The average molecular weight is 188 g/mol. The van der Waals surface area contributed by atoms with Gasteiger partial charge in [-0.3, -0.25) is 4.79 Å². The molecule has 2 amide bonds. The van der Waals surface area contributed by atoms with Crippen LogP contribution in [0.25, 0.3) is 0 Å². The molecule has 0 unspecified atom stereocenters. The summed E-state index contributed by atoms with van der Waals surface area (Å²) < 4.78 is 9.31. The number of alkyl carbamates (subject to hydrolysis) is 1. The fraction of sp³-hybridized carbons (Fsp3) is 0.714. The lowest BCUT2D eigenvalue weighted by molar-refractivity contribution is -0.127. The van der Waals surface area contributed by atoms with Crippen molar-refractivity contribution in [3.63, 3.8) is 0 Å². The van der Waals surface area contributed by atoms with E-state index in [0.29, 0.717) is 13.2 Å². The first kappa shape index (κ1) is 9.79. The van der Waals surface area contributed by atoms with Crippen molar-refractivity contribution in [1.29, 1.82) is 0 Å². The summed E-state index contributed by atoms with van der Waals surface area (Å²) in [6.45, 7) is 0.593. The largest absolute Gasteiger partial charge is 0.453 e. The van der Waals surface area contributed by atoms with Crippen molar-refractivity contribution in [2.24, 2.45) is 5.73 Å². The number of primary amides is 1. The van der Waals surface area contributed by atoms with Crippen molar-refractivity contribution in [3.05, 3.63) is 0 Å². The van der Waals surface area contributed by atoms with Gasteiger partial charge in [-0.1, -0.05) is 0 Å². The zero-order valence-corrected chi connectivity index (χ0v) is 7.33. The average Bonchev–Trinajstić information content (AvgIpc) is 1.99. The number of amides is 2. The molecule has 0 bridgehead atoms. The third-order valence-corrected chi connectivity index (χ3v) is 1.82. The highest BCUT2D eigenvalue weighted by Gasteiger charge is 2.41. The Morgan fingerprint density at radius 2 is 2.23 bits per heavy atom. The van der Waals surface area contributed by atoms with E-state index < -0.39 is 17.5 Å². The Labute approximate surface area is 75.4 Å². The molecule has 0 aromatic heterocycles. The molecule has 1 fully saturated rings. The predicted molar refractivity (Wildman–Crippen MR) is 42.9 cm³/mol. The zero-order valence-electron chi connectivity index (χ0n) is 7.33. The number of methoxy groups -OCH3 is 1. The highest BCUT2D eigenvalue weighted by molar-refractivity contribution is 5.77. The van der Waals surface area contributed by atoms with Crippen LogP contribution in [-0.2, 0) is 14.3 Å². The molecule has 0 aromatic rings. The Morgan fingerprint density at radius 3 is 2.54 bits per heavy atom. The molecule has 3 N–H and O–H groups in total. The molecule has 6 heteroatoms. The highest BCUT2D eigenvalue weighted by Crippen LogP contribution is 2.20. The minimum absolute atomic E-state index is 0.0715. The second-order valence-corrected chi connectivity index (χ2v) is 3.03. The number of carbonyl (C=O) groups is 2. The van der Waals surface area contributed by atoms with Gasteiger partial charge >= 0.3 is 6.09 Å². The van der Waals surface area contributed by atoms with Gasteiger partial charge in [0.2, 0.25) is 5.91 Å². The first-order valence-electron chi connectivity index (χ1n) is 3.80. The van der Waals surface area contributed by atoms with Crippen molar-refractivity contribution in [2.75, 3.05) is 20.3 Å². The molecule has 74 valence electrons. The van der Waals surface area contributed by atoms with E-state index in [1.54, 1.807) is 0 Å². The van der Waals surface area contributed by atoms with Crippen LogP contribution in [0.5, 0.6) is 0 Å². The maximum absolute atomic E-state index is 10.9. The van der Waals surface area contributed by atoms with Gasteiger partial charge in [0.05, 0.1) is 32.3 Å². The van der Waals surface area contributed by atoms with Crippen LogP contribution < -0.4 is 11.1 Å². The van der Waals surface area contributed by atoms with Gasteiger partial charge in [-0.2, -0.15) is 0 Å². The normalized spacial score (nSPS) is 18.5. The SMILES string of the molecule is COC(=O)NC1(CC(N)=O)COC1. The van der Waals surface area contributed by atoms with Gasteiger partial charge in [0, 0.05) is 0 Å². The zero-order chi connectivity index (χ0) is 9.90. The number of nitrogens with one attached hydrogen (secondary N) is 1. The summed E-state index contributed by atoms with van der Waals surface area (Å²) in [6.07, 6.45) is -0.508. The second-order valence-electron chi connectivity index (χ2n) is 3.03. The Hall–Kier alpha value is -1.30. The van der Waals surface area contributed by atoms with E-state index in [1.165, 1.54) is 7.11 Å². The molecule has 0 spiro atoms. The van der Waals surface area contributed by atoms with Gasteiger partial charge in [0.1, 0.15) is 0 Å². The molecule has 1 aliphatic heterocycles. The van der Waals surface area contributed by atoms with Gasteiger partial charge in [-0.15, -0.1) is 0 Å². The van der Waals surface area contributed by atoms with E-state index in [1.807, 2.05) is 0 Å². The summed E-state index contributed by atoms with van der Waals surface area (Å²) in [5.41, 5.74) is 4.36. The standard InChI is InChI=1S/C7H12N2O4/c1-12-6(11)9-7(2-5(8)10)3-13-4-7/h2-4H2,1H3,(H2,8,10)(H,9,11). The number of carbonyl (C=O) groups excluding carboxylic acids is 2. The molecule has 1 aliphatic rings. The van der Waals surface area contributed by atoms with E-state index >= 15 is 0 Å². The summed E-state index contributed by atoms with van der Waals surface area (Å²) in [7, 11) is 1.26. The van der Waals surface area contributed by atoms with Crippen LogP contribution in [0.15, 0.2) is 0 Å². The first-order chi connectivity index (χ1) is 6.08. The van der Waals surface area contributed by atoms with Crippen molar-refractivity contribution in [1.82, 2.24) is 5.32 Å². The smallest absolute Gasteiger partial charge is 0.407 e. The van der Waals surface area contributed by atoms with Crippen molar-refractivity contribution in [3.8, 4) is 0 Å². The minimum atomic E-state index is -0.654. The molecule has 1 saturated heterocycles. The third-order valence-electron chi connectivity index (χ3n) is 1.82. The van der Waals surface area contributed by atoms with Crippen molar-refractivity contribution >= 4 is 12.0 Å². The Morgan fingerprint density at radius 1 is 1.62 bits per heavy atom. The Balaban J connectivity index is 2.49. The fourth-order valence-corrected chi connectivity index (χ4v) is 1.17. The van der Waals surface area contributed by atoms with Gasteiger partial charge in [-0.05, 0) is 0 Å². The van der Waals surface area contributed by atoms with E-state index in [0.717, 1.165) is 0 Å². The van der Waals surface area contributed by atoms with Crippen LogP contribution in [0.4, 0.5) is 4.79 Å². The minimum Gasteiger partial charge on any atom is -0.453 e. The quantitative estimate of drug-likeness (QED) is 0.593. The molecule has 0 saturated carbocycles. The van der Waals surface area contributed by atoms with E-state index in [9.17, 15) is 9.59 Å². The van der Waals surface area contributed by atoms with Crippen LogP contribution in [0.1, 0.15) is 6.42 Å². The van der Waals surface area contributed by atoms with Gasteiger partial charge in [0.15, 0.2) is 0 Å². The topological polar surface area (TPSA) is 90.6 Å². The Bertz CT molecular complexity index is 225. The fourth-order valence-electron chi connectivity index (χ4n) is 1.17. The number of nitrogens with two attached hydrogens (primary N) is 1. The molecular formula is C7H12N2O4. The van der Waals surface area contributed by atoms with Crippen LogP contribution in [-0.4, -0.2) is 37.9 Å². The monoisotopic (exact) mass is 188 g/mol. The maximum Gasteiger partial charge on any atom is 0.407 e. The molecule has 1 heterocycles. The Kier molecular flexibility index (Phi) is 2.72. The number of hydrogen-bond donors (Lipinski definition) is 2. The number of rotatable bonds is 3. The summed E-state index contributed by atoms with van der Waals surface area (Å²) in [4.78, 5) is 21.5. The van der Waals surface area contributed by atoms with E-state index in [-0.39, 0.29) is 6.42 Å². The van der Waals surface area contributed by atoms with Crippen LogP contribution in [0.3, 0.4) is 0 Å². The summed E-state index contributed by atoms with van der Waals surface area (Å²) >= 11 is 0. The molecule has 0 radical (unpaired) electrons. The van der Waals surface area contributed by atoms with Gasteiger partial charge in [0.25, 0.3) is 0 Å². The number of hydrogen-bond acceptors (Lipinski definition) is 4. The molecule has 13 heavy (non-hydrogen) atoms. The van der Waals surface area contributed by atoms with Crippen molar-refractivity contribution < 1.29 is 19.1 Å². The molecule has 0 aliphatic carbocycles. The molecular weight excluding hydrogens is 176 g/mol. The lowest BCUT2D eigenvalue weighted by atomic mass is 9.93. The summed E-state index contributed by atoms with van der Waals surface area (Å²) in [5.74, 6) is -0.472. The number of ether oxygens (including phenoxy) is 2. The summed E-state index contributed by atoms with van der Waals surface area (Å²) in [5, 5.41) is 2.52. The van der Waals surface area contributed by atoms with Crippen LogP contribution >= 0.6 is 0 Å². The molecule has 0 aromatic carbocycles. The van der Waals surface area contributed by atoms with Crippen molar-refractivity contribution in [2.45, 2.75) is 12.0 Å². The van der Waals surface area contributed by atoms with E-state index in [4.69, 9.17) is 10.5 Å². The molecule has 0 atom stereocenters.